The molecule has 0 bridgehead atoms. The second-order valence-electron chi connectivity index (χ2n) is 6.81. The van der Waals surface area contributed by atoms with Crippen LogP contribution in [0.1, 0.15) is 39.5 Å². The first kappa shape index (κ1) is 22.2. The van der Waals surface area contributed by atoms with Crippen LogP contribution in [0.4, 0.5) is 10.5 Å². The summed E-state index contributed by atoms with van der Waals surface area (Å²) >= 11 is 0. The largest absolute Gasteiger partial charge is 0.495 e. The molecule has 1 heterocycles. The van der Waals surface area contributed by atoms with Crippen molar-refractivity contribution >= 4 is 29.5 Å². The van der Waals surface area contributed by atoms with Crippen LogP contribution in [0, 0.1) is 0 Å². The molecule has 0 spiro atoms. The van der Waals surface area contributed by atoms with Gasteiger partial charge in [-0.3, -0.25) is 19.3 Å². The molecule has 0 aromatic heterocycles. The summed E-state index contributed by atoms with van der Waals surface area (Å²) < 4.78 is 10.1. The molecule has 1 fully saturated rings. The summed E-state index contributed by atoms with van der Waals surface area (Å²) in [4.78, 5) is 49.9. The fraction of sp³-hybridized carbons (Fsp3) is 0.500. The SMILES string of the molecule is CCCC1(CCC)NC(=O)N(CC(=O)OCC(=O)Nc2ccccc2OC)C1=O. The number of hydrogen-bond donors (Lipinski definition) is 2. The molecule has 1 saturated heterocycles. The maximum absolute atomic E-state index is 12.7. The van der Waals surface area contributed by atoms with Gasteiger partial charge in [0.05, 0.1) is 12.8 Å². The monoisotopic (exact) mass is 405 g/mol. The Bertz CT molecular complexity index is 773. The number of carbonyl (C=O) groups excluding carboxylic acids is 4. The third-order valence-electron chi connectivity index (χ3n) is 4.63. The molecule has 0 atom stereocenters. The van der Waals surface area contributed by atoms with Crippen LogP contribution in [0.2, 0.25) is 0 Å². The number of nitrogens with one attached hydrogen (secondary N) is 2. The third kappa shape index (κ3) is 5.24. The van der Waals surface area contributed by atoms with Crippen molar-refractivity contribution in [3.8, 4) is 5.75 Å². The lowest BCUT2D eigenvalue weighted by Crippen LogP contribution is -2.47. The Kier molecular flexibility index (Phi) is 7.58. The summed E-state index contributed by atoms with van der Waals surface area (Å²) in [6, 6.07) is 6.18. The smallest absolute Gasteiger partial charge is 0.326 e. The first-order valence-electron chi connectivity index (χ1n) is 9.59. The molecule has 9 nitrogen and oxygen atoms in total. The lowest BCUT2D eigenvalue weighted by atomic mass is 9.88. The number of nitrogens with zero attached hydrogens (tertiary/aromatic N) is 1. The molecule has 1 aromatic carbocycles. The van der Waals surface area contributed by atoms with Crippen molar-refractivity contribution in [3.05, 3.63) is 24.3 Å². The van der Waals surface area contributed by atoms with Crippen LogP contribution in [-0.2, 0) is 19.1 Å². The highest BCUT2D eigenvalue weighted by Gasteiger charge is 2.50. The van der Waals surface area contributed by atoms with Gasteiger partial charge in [-0.2, -0.15) is 0 Å². The van der Waals surface area contributed by atoms with E-state index in [1.807, 2.05) is 13.8 Å². The van der Waals surface area contributed by atoms with E-state index in [1.54, 1.807) is 24.3 Å². The molecule has 2 rings (SSSR count). The van der Waals surface area contributed by atoms with E-state index in [1.165, 1.54) is 7.11 Å². The Morgan fingerprint density at radius 3 is 2.41 bits per heavy atom. The van der Waals surface area contributed by atoms with E-state index in [0.717, 1.165) is 4.90 Å². The first-order valence-corrected chi connectivity index (χ1v) is 9.59. The quantitative estimate of drug-likeness (QED) is 0.455. The van der Waals surface area contributed by atoms with Crippen LogP contribution >= 0.6 is 0 Å². The number of para-hydroxylation sites is 2. The third-order valence-corrected chi connectivity index (χ3v) is 4.63. The predicted octanol–water partition coefficient (Wildman–Crippen LogP) is 2.07. The molecule has 1 aliphatic rings. The minimum atomic E-state index is -0.970. The standard InChI is InChI=1S/C20H27N3O6/c1-4-10-20(11-5-2)18(26)23(19(27)22-20)12-17(25)29-13-16(24)21-14-8-6-7-9-15(14)28-3/h6-9H,4-5,10-13H2,1-3H3,(H,21,24)(H,22,27). The maximum Gasteiger partial charge on any atom is 0.326 e. The van der Waals surface area contributed by atoms with E-state index in [0.29, 0.717) is 37.1 Å². The van der Waals surface area contributed by atoms with Crippen molar-refractivity contribution < 1.29 is 28.7 Å². The van der Waals surface area contributed by atoms with Gasteiger partial charge in [-0.05, 0) is 25.0 Å². The number of imide groups is 1. The van der Waals surface area contributed by atoms with E-state index >= 15 is 0 Å². The van der Waals surface area contributed by atoms with Crippen molar-refractivity contribution in [1.29, 1.82) is 0 Å². The fourth-order valence-electron chi connectivity index (χ4n) is 3.39. The second-order valence-corrected chi connectivity index (χ2v) is 6.81. The highest BCUT2D eigenvalue weighted by Crippen LogP contribution is 2.28. The molecular weight excluding hydrogens is 378 g/mol. The number of anilines is 1. The summed E-state index contributed by atoms with van der Waals surface area (Å²) in [5.41, 5.74) is -0.531. The number of esters is 1. The first-order chi connectivity index (χ1) is 13.9. The Hall–Kier alpha value is -3.10. The fourth-order valence-corrected chi connectivity index (χ4v) is 3.39. The number of benzene rings is 1. The van der Waals surface area contributed by atoms with Crippen LogP contribution < -0.4 is 15.4 Å². The topological polar surface area (TPSA) is 114 Å². The zero-order valence-electron chi connectivity index (χ0n) is 16.9. The van der Waals surface area contributed by atoms with Gasteiger partial charge in [-0.1, -0.05) is 38.8 Å². The molecule has 0 unspecified atom stereocenters. The zero-order chi connectivity index (χ0) is 21.4. The lowest BCUT2D eigenvalue weighted by molar-refractivity contribution is -0.150. The number of amides is 4. The minimum Gasteiger partial charge on any atom is -0.495 e. The second kappa shape index (κ2) is 9.90. The predicted molar refractivity (Wildman–Crippen MR) is 105 cm³/mol. The molecular formula is C20H27N3O6. The highest BCUT2D eigenvalue weighted by molar-refractivity contribution is 6.08. The van der Waals surface area contributed by atoms with Crippen LogP contribution in [-0.4, -0.2) is 54.5 Å². The van der Waals surface area contributed by atoms with E-state index in [9.17, 15) is 19.2 Å². The summed E-state index contributed by atoms with van der Waals surface area (Å²) in [5, 5.41) is 5.29. The average molecular weight is 405 g/mol. The number of methoxy groups -OCH3 is 1. The Morgan fingerprint density at radius 2 is 1.79 bits per heavy atom. The van der Waals surface area contributed by atoms with Crippen LogP contribution in [0.15, 0.2) is 24.3 Å². The van der Waals surface area contributed by atoms with Gasteiger partial charge in [0.2, 0.25) is 0 Å². The zero-order valence-corrected chi connectivity index (χ0v) is 16.9. The van der Waals surface area contributed by atoms with Gasteiger partial charge in [0, 0.05) is 0 Å². The van der Waals surface area contributed by atoms with Crippen molar-refractivity contribution in [2.75, 3.05) is 25.6 Å². The average Bonchev–Trinajstić information content (AvgIpc) is 2.91. The minimum absolute atomic E-state index is 0.429. The molecule has 1 aromatic rings. The van der Waals surface area contributed by atoms with E-state index < -0.39 is 42.5 Å². The Morgan fingerprint density at radius 1 is 1.14 bits per heavy atom. The van der Waals surface area contributed by atoms with Gasteiger partial charge in [-0.15, -0.1) is 0 Å². The molecule has 2 N–H and O–H groups in total. The number of hydrogen-bond acceptors (Lipinski definition) is 6. The normalized spacial score (nSPS) is 15.1. The van der Waals surface area contributed by atoms with Crippen molar-refractivity contribution in [3.63, 3.8) is 0 Å². The van der Waals surface area contributed by atoms with Gasteiger partial charge >= 0.3 is 12.0 Å². The maximum atomic E-state index is 12.7. The Balaban J connectivity index is 1.91. The van der Waals surface area contributed by atoms with Crippen molar-refractivity contribution in [2.45, 2.75) is 45.1 Å². The van der Waals surface area contributed by atoms with Gasteiger partial charge in [0.25, 0.3) is 11.8 Å². The van der Waals surface area contributed by atoms with Gasteiger partial charge in [0.1, 0.15) is 17.8 Å². The summed E-state index contributed by atoms with van der Waals surface area (Å²) in [6.45, 7) is 2.76. The number of ether oxygens (including phenoxy) is 2. The summed E-state index contributed by atoms with van der Waals surface area (Å²) in [5.74, 6) is -1.37. The Labute approximate surface area is 169 Å². The van der Waals surface area contributed by atoms with Crippen LogP contribution in [0.25, 0.3) is 0 Å². The molecule has 29 heavy (non-hydrogen) atoms. The highest BCUT2D eigenvalue weighted by atomic mass is 16.5. The molecule has 0 radical (unpaired) electrons. The van der Waals surface area contributed by atoms with Crippen LogP contribution in [0.5, 0.6) is 5.75 Å². The van der Waals surface area contributed by atoms with E-state index in [4.69, 9.17) is 9.47 Å². The molecule has 1 aliphatic heterocycles. The molecule has 0 aliphatic carbocycles. The molecule has 0 saturated carbocycles. The molecule has 4 amide bonds. The lowest BCUT2D eigenvalue weighted by Gasteiger charge is -2.25. The number of rotatable bonds is 10. The molecule has 9 heteroatoms. The summed E-state index contributed by atoms with van der Waals surface area (Å²) in [7, 11) is 1.47. The molecule has 158 valence electrons. The van der Waals surface area contributed by atoms with Gasteiger partial charge < -0.3 is 20.1 Å². The number of urea groups is 1. The van der Waals surface area contributed by atoms with Crippen molar-refractivity contribution in [2.24, 2.45) is 0 Å². The number of carbonyl (C=O) groups is 4. The summed E-state index contributed by atoms with van der Waals surface area (Å²) in [6.07, 6.45) is 2.43. The van der Waals surface area contributed by atoms with E-state index in [-0.39, 0.29) is 0 Å². The van der Waals surface area contributed by atoms with Gasteiger partial charge in [-0.25, -0.2) is 4.79 Å². The van der Waals surface area contributed by atoms with Crippen molar-refractivity contribution in [1.82, 2.24) is 10.2 Å². The van der Waals surface area contributed by atoms with E-state index in [2.05, 4.69) is 10.6 Å². The van der Waals surface area contributed by atoms with Crippen LogP contribution in [0.3, 0.4) is 0 Å². The van der Waals surface area contributed by atoms with Gasteiger partial charge in [0.15, 0.2) is 6.61 Å².